The van der Waals surface area contributed by atoms with Crippen molar-refractivity contribution in [3.63, 3.8) is 0 Å². The maximum atomic E-state index is 12.0. The van der Waals surface area contributed by atoms with Crippen LogP contribution in [0.15, 0.2) is 32.1 Å². The number of nitrogens with zero attached hydrogens (tertiary/aromatic N) is 4. The molecule has 0 aliphatic rings. The smallest absolute Gasteiger partial charge is 0.332 e. The lowest BCUT2D eigenvalue weighted by Crippen LogP contribution is -2.39. The van der Waals surface area contributed by atoms with Gasteiger partial charge in [0.05, 0.1) is 13.1 Å². The average molecular weight is 310 g/mol. The number of nitrogens with two attached hydrogens (primary N) is 2. The van der Waals surface area contributed by atoms with Crippen LogP contribution in [0.25, 0.3) is 0 Å². The standard InChI is InChI=1S/C10H14N8O4/c11-8(20)15-13-2-5-17-4-1-7(19)18(10(17)22)6-3-14-16-9(12)21/h1-4H,5-6H2,(H3,11,15,20)(H3,12,16,21)/b13-2-,14-3+. The molecule has 0 bridgehead atoms. The Hall–Kier alpha value is -3.44. The maximum absolute atomic E-state index is 12.0. The van der Waals surface area contributed by atoms with Crippen LogP contribution in [0.2, 0.25) is 0 Å². The van der Waals surface area contributed by atoms with Crippen molar-refractivity contribution in [2.75, 3.05) is 0 Å². The minimum absolute atomic E-state index is 0.00999. The zero-order chi connectivity index (χ0) is 16.5. The summed E-state index contributed by atoms with van der Waals surface area (Å²) in [6.45, 7) is -0.147. The van der Waals surface area contributed by atoms with Gasteiger partial charge in [0.25, 0.3) is 5.56 Å². The molecule has 6 N–H and O–H groups in total. The summed E-state index contributed by atoms with van der Waals surface area (Å²) in [6.07, 6.45) is 3.64. The molecular weight excluding hydrogens is 296 g/mol. The molecule has 0 unspecified atom stereocenters. The number of hydrogen-bond donors (Lipinski definition) is 4. The van der Waals surface area contributed by atoms with Crippen molar-refractivity contribution in [2.24, 2.45) is 21.7 Å². The Morgan fingerprint density at radius 3 is 2.18 bits per heavy atom. The van der Waals surface area contributed by atoms with Crippen LogP contribution in [0.3, 0.4) is 0 Å². The highest BCUT2D eigenvalue weighted by Crippen LogP contribution is 1.78. The average Bonchev–Trinajstić information content (AvgIpc) is 2.44. The van der Waals surface area contributed by atoms with E-state index >= 15 is 0 Å². The van der Waals surface area contributed by atoms with Gasteiger partial charge < -0.3 is 11.5 Å². The molecule has 1 aromatic heterocycles. The third-order valence-corrected chi connectivity index (χ3v) is 2.21. The molecule has 22 heavy (non-hydrogen) atoms. The number of urea groups is 2. The highest BCUT2D eigenvalue weighted by Gasteiger charge is 2.03. The second kappa shape index (κ2) is 7.98. The van der Waals surface area contributed by atoms with Crippen LogP contribution in [0, 0.1) is 0 Å². The lowest BCUT2D eigenvalue weighted by Gasteiger charge is -2.05. The van der Waals surface area contributed by atoms with Crippen molar-refractivity contribution < 1.29 is 9.59 Å². The van der Waals surface area contributed by atoms with E-state index in [0.29, 0.717) is 0 Å². The van der Waals surface area contributed by atoms with Gasteiger partial charge in [0.15, 0.2) is 0 Å². The van der Waals surface area contributed by atoms with Gasteiger partial charge in [-0.1, -0.05) is 0 Å². The number of primary amides is 2. The minimum atomic E-state index is -0.868. The van der Waals surface area contributed by atoms with Crippen LogP contribution in [0.5, 0.6) is 0 Å². The van der Waals surface area contributed by atoms with Crippen LogP contribution in [0.1, 0.15) is 0 Å². The van der Waals surface area contributed by atoms with Gasteiger partial charge in [-0.15, -0.1) is 0 Å². The Morgan fingerprint density at radius 2 is 1.64 bits per heavy atom. The largest absolute Gasteiger partial charge is 0.350 e. The van der Waals surface area contributed by atoms with Crippen LogP contribution < -0.4 is 33.6 Å². The molecule has 0 spiro atoms. The molecule has 0 aromatic carbocycles. The third kappa shape index (κ3) is 5.28. The Kier molecular flexibility index (Phi) is 6.03. The van der Waals surface area contributed by atoms with E-state index in [1.54, 1.807) is 0 Å². The molecule has 0 radical (unpaired) electrons. The number of nitrogens with one attached hydrogen (secondary N) is 2. The van der Waals surface area contributed by atoms with Gasteiger partial charge in [-0.2, -0.15) is 10.2 Å². The first-order valence-electron chi connectivity index (χ1n) is 5.86. The molecule has 1 aromatic rings. The van der Waals surface area contributed by atoms with Crippen molar-refractivity contribution in [2.45, 2.75) is 13.1 Å². The lowest BCUT2D eigenvalue weighted by molar-refractivity contribution is 0.248. The quantitative estimate of drug-likeness (QED) is 0.330. The van der Waals surface area contributed by atoms with Gasteiger partial charge in [-0.05, 0) is 0 Å². The Bertz CT molecular complexity index is 716. The van der Waals surface area contributed by atoms with Gasteiger partial charge in [0.1, 0.15) is 0 Å². The van der Waals surface area contributed by atoms with Gasteiger partial charge in [-0.25, -0.2) is 25.2 Å². The molecule has 118 valence electrons. The zero-order valence-corrected chi connectivity index (χ0v) is 11.3. The van der Waals surface area contributed by atoms with Crippen molar-refractivity contribution in [1.29, 1.82) is 0 Å². The van der Waals surface area contributed by atoms with Crippen LogP contribution >= 0.6 is 0 Å². The van der Waals surface area contributed by atoms with Crippen LogP contribution in [-0.2, 0) is 13.1 Å². The van der Waals surface area contributed by atoms with E-state index in [1.807, 2.05) is 10.9 Å². The molecule has 0 fully saturated rings. The number of hydrogen-bond acceptors (Lipinski definition) is 6. The fourth-order valence-corrected chi connectivity index (χ4v) is 1.33. The Balaban J connectivity index is 2.84. The summed E-state index contributed by atoms with van der Waals surface area (Å²) in [7, 11) is 0. The first kappa shape index (κ1) is 16.6. The Labute approximate surface area is 123 Å². The molecule has 0 saturated carbocycles. The third-order valence-electron chi connectivity index (χ3n) is 2.21. The second-order valence-corrected chi connectivity index (χ2v) is 3.77. The monoisotopic (exact) mass is 310 g/mol. The van der Waals surface area contributed by atoms with E-state index in [9.17, 15) is 19.2 Å². The normalized spacial score (nSPS) is 10.9. The molecular formula is C10H14N8O4. The Morgan fingerprint density at radius 1 is 1.09 bits per heavy atom. The minimum Gasteiger partial charge on any atom is -0.350 e. The molecule has 4 amide bonds. The van der Waals surface area contributed by atoms with E-state index in [0.717, 1.165) is 10.8 Å². The number of hydrazone groups is 2. The maximum Gasteiger partial charge on any atom is 0.332 e. The summed E-state index contributed by atoms with van der Waals surface area (Å²) in [4.78, 5) is 44.4. The van der Waals surface area contributed by atoms with Crippen LogP contribution in [-0.4, -0.2) is 33.6 Å². The molecule has 0 aliphatic heterocycles. The summed E-state index contributed by atoms with van der Waals surface area (Å²) in [5.74, 6) is 0. The van der Waals surface area contributed by atoms with E-state index < -0.39 is 23.3 Å². The fraction of sp³-hybridized carbons (Fsp3) is 0.200. The SMILES string of the molecule is NC(=O)N/N=C\Cn1ccc(=O)n(C/C=N/NC(N)=O)c1=O. The number of rotatable bonds is 6. The predicted molar refractivity (Wildman–Crippen MR) is 77.4 cm³/mol. The molecule has 0 aliphatic carbocycles. The van der Waals surface area contributed by atoms with E-state index in [1.165, 1.54) is 23.0 Å². The van der Waals surface area contributed by atoms with Crippen LogP contribution in [0.4, 0.5) is 9.59 Å². The number of amides is 4. The first-order valence-corrected chi connectivity index (χ1v) is 5.86. The molecule has 12 nitrogen and oxygen atoms in total. The lowest BCUT2D eigenvalue weighted by atomic mass is 10.5. The van der Waals surface area contributed by atoms with Gasteiger partial charge in [-0.3, -0.25) is 13.9 Å². The molecule has 12 heteroatoms. The van der Waals surface area contributed by atoms with Gasteiger partial charge >= 0.3 is 17.8 Å². The molecule has 0 saturated heterocycles. The molecule has 1 heterocycles. The molecule has 0 atom stereocenters. The zero-order valence-electron chi connectivity index (χ0n) is 11.3. The van der Waals surface area contributed by atoms with Gasteiger partial charge in [0, 0.05) is 24.7 Å². The van der Waals surface area contributed by atoms with Crippen molar-refractivity contribution >= 4 is 24.5 Å². The number of carbonyl (C=O) groups excluding carboxylic acids is 2. The van der Waals surface area contributed by atoms with Crippen molar-refractivity contribution in [3.8, 4) is 0 Å². The number of aromatic nitrogens is 2. The topological polar surface area (TPSA) is 179 Å². The summed E-state index contributed by atoms with van der Waals surface area (Å²) >= 11 is 0. The first-order chi connectivity index (χ1) is 10.4. The second-order valence-electron chi connectivity index (χ2n) is 3.77. The van der Waals surface area contributed by atoms with Gasteiger partial charge in [0.2, 0.25) is 0 Å². The fourth-order valence-electron chi connectivity index (χ4n) is 1.33. The van der Waals surface area contributed by atoms with E-state index in [-0.39, 0.29) is 13.1 Å². The molecule has 1 rings (SSSR count). The van der Waals surface area contributed by atoms with Crippen molar-refractivity contribution in [1.82, 2.24) is 20.0 Å². The summed E-state index contributed by atoms with van der Waals surface area (Å²) in [5.41, 5.74) is 12.3. The number of carbonyl (C=O) groups is 2. The highest BCUT2D eigenvalue weighted by atomic mass is 16.2. The van der Waals surface area contributed by atoms with Crippen molar-refractivity contribution in [3.05, 3.63) is 33.1 Å². The summed E-state index contributed by atoms with van der Waals surface area (Å²) < 4.78 is 2.05. The highest BCUT2D eigenvalue weighted by molar-refractivity contribution is 5.73. The summed E-state index contributed by atoms with van der Waals surface area (Å²) in [6, 6.07) is -0.537. The predicted octanol–water partition coefficient (Wildman–Crippen LogP) is -2.68. The summed E-state index contributed by atoms with van der Waals surface area (Å²) in [5, 5.41) is 6.90. The van der Waals surface area contributed by atoms with E-state index in [2.05, 4.69) is 10.2 Å². The van der Waals surface area contributed by atoms with E-state index in [4.69, 9.17) is 11.5 Å².